The van der Waals surface area contributed by atoms with Gasteiger partial charge in [0.1, 0.15) is 12.0 Å². The van der Waals surface area contributed by atoms with Crippen LogP contribution in [0.3, 0.4) is 0 Å². The van der Waals surface area contributed by atoms with Gasteiger partial charge in [0.25, 0.3) is 12.0 Å². The smallest absolute Gasteiger partial charge is 0.280 e. The molecule has 8 heteroatoms. The lowest BCUT2D eigenvalue weighted by Crippen LogP contribution is -2.36. The molecule has 128 valence electrons. The normalized spacial score (nSPS) is 16.6. The predicted octanol–water partition coefficient (Wildman–Crippen LogP) is 1.88. The highest BCUT2D eigenvalue weighted by molar-refractivity contribution is 5.02. The Morgan fingerprint density at radius 1 is 1.21 bits per heavy atom. The molecule has 1 fully saturated rings. The van der Waals surface area contributed by atoms with Gasteiger partial charge in [-0.15, -0.1) is 0 Å². The number of hydrogen-bond donors (Lipinski definition) is 0. The molecule has 0 radical (unpaired) electrons. The largest absolute Gasteiger partial charge is 0.299 e. The summed E-state index contributed by atoms with van der Waals surface area (Å²) in [5.74, 6) is 0.352. The van der Waals surface area contributed by atoms with Crippen molar-refractivity contribution in [2.24, 2.45) is 5.92 Å². The number of rotatable bonds is 5. The second-order valence-electron chi connectivity index (χ2n) is 6.07. The highest BCUT2D eigenvalue weighted by Gasteiger charge is 2.20. The van der Waals surface area contributed by atoms with Gasteiger partial charge in [0, 0.05) is 37.1 Å². The fourth-order valence-corrected chi connectivity index (χ4v) is 2.97. The summed E-state index contributed by atoms with van der Waals surface area (Å²) in [4.78, 5) is 25.9. The molecule has 0 saturated carbocycles. The van der Waals surface area contributed by atoms with Gasteiger partial charge >= 0.3 is 0 Å². The number of halogens is 2. The third-order valence-corrected chi connectivity index (χ3v) is 4.31. The van der Waals surface area contributed by atoms with E-state index in [0.29, 0.717) is 12.5 Å². The molecule has 24 heavy (non-hydrogen) atoms. The molecule has 0 bridgehead atoms. The van der Waals surface area contributed by atoms with E-state index in [0.717, 1.165) is 44.1 Å². The third-order valence-electron chi connectivity index (χ3n) is 4.31. The monoisotopic (exact) mass is 335 g/mol. The maximum atomic E-state index is 12.5. The Morgan fingerprint density at radius 2 is 1.92 bits per heavy atom. The number of piperidine rings is 1. The molecule has 0 aliphatic carbocycles. The highest BCUT2D eigenvalue weighted by atomic mass is 19.3. The van der Waals surface area contributed by atoms with Crippen molar-refractivity contribution in [3.63, 3.8) is 0 Å². The van der Waals surface area contributed by atoms with Gasteiger partial charge in [-0.3, -0.25) is 14.3 Å². The highest BCUT2D eigenvalue weighted by Crippen LogP contribution is 2.20. The molecule has 0 aromatic carbocycles. The van der Waals surface area contributed by atoms with Crippen LogP contribution in [0.2, 0.25) is 0 Å². The quantitative estimate of drug-likeness (QED) is 0.835. The Labute approximate surface area is 138 Å². The standard InChI is InChI=1S/C16H19F2N5O/c17-16(18)14-5-15(24)23(11-21-14)9-12-1-3-22(4-2-12)8-13-6-19-10-20-7-13/h5-7,10-12,16H,1-4,8-9H2. The molecule has 2 aromatic rings. The van der Waals surface area contributed by atoms with Gasteiger partial charge in [0.05, 0.1) is 6.33 Å². The second kappa shape index (κ2) is 7.57. The van der Waals surface area contributed by atoms with Crippen molar-refractivity contribution in [3.8, 4) is 0 Å². The van der Waals surface area contributed by atoms with E-state index in [-0.39, 0.29) is 0 Å². The van der Waals surface area contributed by atoms with E-state index in [1.165, 1.54) is 17.2 Å². The summed E-state index contributed by atoms with van der Waals surface area (Å²) in [7, 11) is 0. The molecule has 1 aliphatic heterocycles. The van der Waals surface area contributed by atoms with Crippen LogP contribution in [-0.2, 0) is 13.1 Å². The molecular weight excluding hydrogens is 316 g/mol. The molecule has 0 atom stereocenters. The SMILES string of the molecule is O=c1cc(C(F)F)ncn1CC1CCN(Cc2cncnc2)CC1. The lowest BCUT2D eigenvalue weighted by Gasteiger charge is -2.32. The summed E-state index contributed by atoms with van der Waals surface area (Å²) in [5, 5.41) is 0. The van der Waals surface area contributed by atoms with E-state index in [4.69, 9.17) is 0 Å². The number of likely N-dealkylation sites (tertiary alicyclic amines) is 1. The van der Waals surface area contributed by atoms with Gasteiger partial charge in [0.15, 0.2) is 0 Å². The van der Waals surface area contributed by atoms with Crippen molar-refractivity contribution < 1.29 is 8.78 Å². The fraction of sp³-hybridized carbons (Fsp3) is 0.500. The van der Waals surface area contributed by atoms with Gasteiger partial charge < -0.3 is 0 Å². The molecule has 0 unspecified atom stereocenters. The zero-order valence-corrected chi connectivity index (χ0v) is 13.2. The molecule has 6 nitrogen and oxygen atoms in total. The minimum absolute atomic E-state index is 0.352. The summed E-state index contributed by atoms with van der Waals surface area (Å²) in [6.45, 7) is 3.20. The van der Waals surface area contributed by atoms with Crippen LogP contribution < -0.4 is 5.56 Å². The Morgan fingerprint density at radius 3 is 2.54 bits per heavy atom. The first-order valence-electron chi connectivity index (χ1n) is 7.92. The molecular formula is C16H19F2N5O. The Bertz CT molecular complexity index is 714. The van der Waals surface area contributed by atoms with Crippen molar-refractivity contribution in [3.05, 3.63) is 52.7 Å². The van der Waals surface area contributed by atoms with Gasteiger partial charge in [-0.25, -0.2) is 23.7 Å². The zero-order valence-electron chi connectivity index (χ0n) is 13.2. The molecule has 3 rings (SSSR count). The summed E-state index contributed by atoms with van der Waals surface area (Å²) < 4.78 is 26.5. The Hall–Kier alpha value is -2.22. The minimum Gasteiger partial charge on any atom is -0.299 e. The van der Waals surface area contributed by atoms with Crippen LogP contribution in [-0.4, -0.2) is 37.5 Å². The van der Waals surface area contributed by atoms with Crippen molar-refractivity contribution in [2.75, 3.05) is 13.1 Å². The predicted molar refractivity (Wildman–Crippen MR) is 83.5 cm³/mol. The van der Waals surface area contributed by atoms with E-state index in [1.807, 2.05) is 12.4 Å². The van der Waals surface area contributed by atoms with E-state index in [9.17, 15) is 13.6 Å². The van der Waals surface area contributed by atoms with E-state index in [2.05, 4.69) is 19.9 Å². The maximum Gasteiger partial charge on any atom is 0.280 e. The van der Waals surface area contributed by atoms with Gasteiger partial charge in [-0.1, -0.05) is 0 Å². The average Bonchev–Trinajstić information content (AvgIpc) is 2.59. The number of aromatic nitrogens is 4. The van der Waals surface area contributed by atoms with Crippen LogP contribution in [0.4, 0.5) is 8.78 Å². The van der Waals surface area contributed by atoms with Crippen LogP contribution in [0, 0.1) is 5.92 Å². The molecule has 0 spiro atoms. The topological polar surface area (TPSA) is 63.9 Å². The zero-order chi connectivity index (χ0) is 16.9. The first-order valence-corrected chi connectivity index (χ1v) is 7.92. The first kappa shape index (κ1) is 16.6. The molecule has 2 aromatic heterocycles. The van der Waals surface area contributed by atoms with Crippen LogP contribution >= 0.6 is 0 Å². The van der Waals surface area contributed by atoms with Crippen LogP contribution in [0.5, 0.6) is 0 Å². The van der Waals surface area contributed by atoms with E-state index in [1.54, 1.807) is 0 Å². The summed E-state index contributed by atoms with van der Waals surface area (Å²) in [6, 6.07) is 0.926. The summed E-state index contributed by atoms with van der Waals surface area (Å²) >= 11 is 0. The second-order valence-corrected chi connectivity index (χ2v) is 6.07. The average molecular weight is 335 g/mol. The molecule has 3 heterocycles. The van der Waals surface area contributed by atoms with Crippen molar-refractivity contribution in [1.82, 2.24) is 24.4 Å². The number of nitrogens with zero attached hydrogens (tertiary/aromatic N) is 5. The minimum atomic E-state index is -2.71. The molecule has 1 saturated heterocycles. The third kappa shape index (κ3) is 4.19. The lowest BCUT2D eigenvalue weighted by atomic mass is 9.96. The molecule has 0 amide bonds. The van der Waals surface area contributed by atoms with Crippen LogP contribution in [0.1, 0.15) is 30.5 Å². The van der Waals surface area contributed by atoms with E-state index >= 15 is 0 Å². The van der Waals surface area contributed by atoms with Crippen LogP contribution in [0.15, 0.2) is 35.9 Å². The molecule has 1 aliphatic rings. The fourth-order valence-electron chi connectivity index (χ4n) is 2.97. The van der Waals surface area contributed by atoms with Crippen molar-refractivity contribution in [2.45, 2.75) is 32.4 Å². The Kier molecular flexibility index (Phi) is 5.24. The Balaban J connectivity index is 1.53. The van der Waals surface area contributed by atoms with Gasteiger partial charge in [0.2, 0.25) is 0 Å². The maximum absolute atomic E-state index is 12.5. The summed E-state index contributed by atoms with van der Waals surface area (Å²) in [5.41, 5.74) is 0.208. The van der Waals surface area contributed by atoms with Gasteiger partial charge in [-0.2, -0.15) is 0 Å². The van der Waals surface area contributed by atoms with Crippen LogP contribution in [0.25, 0.3) is 0 Å². The van der Waals surface area contributed by atoms with Gasteiger partial charge in [-0.05, 0) is 31.8 Å². The van der Waals surface area contributed by atoms with Crippen molar-refractivity contribution >= 4 is 0 Å². The summed E-state index contributed by atoms with van der Waals surface area (Å²) in [6.07, 6.45) is 5.58. The number of alkyl halides is 2. The first-order chi connectivity index (χ1) is 11.6. The van der Waals surface area contributed by atoms with E-state index < -0.39 is 17.7 Å². The lowest BCUT2D eigenvalue weighted by molar-refractivity contribution is 0.144. The molecule has 0 N–H and O–H groups in total. The van der Waals surface area contributed by atoms with Crippen molar-refractivity contribution in [1.29, 1.82) is 0 Å². The number of hydrogen-bond acceptors (Lipinski definition) is 5.